The van der Waals surface area contributed by atoms with Crippen LogP contribution in [0.2, 0.25) is 0 Å². The molecule has 0 atom stereocenters. The third kappa shape index (κ3) is 1400. The van der Waals surface area contributed by atoms with Crippen LogP contribution in [0.3, 0.4) is 0 Å². The van der Waals surface area contributed by atoms with Crippen molar-refractivity contribution in [2.24, 2.45) is 0 Å². The van der Waals surface area contributed by atoms with E-state index in [1.54, 1.807) is 0 Å². The molecule has 0 amide bonds. The molecule has 0 aromatic heterocycles. The Morgan fingerprint density at radius 2 is 0.167 bits per heavy atom. The van der Waals surface area contributed by atoms with Gasteiger partial charge in [0.2, 0.25) is 0 Å². The molecular weight excluding hydrogens is 646 g/mol. The van der Waals surface area contributed by atoms with Crippen molar-refractivity contribution >= 4 is 121 Å². The maximum atomic E-state index is 8.56. The zero-order valence-electron chi connectivity index (χ0n) is 18.0. The van der Waals surface area contributed by atoms with Crippen molar-refractivity contribution < 1.29 is 150 Å². The Bertz CT molecular complexity index is 474. The van der Waals surface area contributed by atoms with Crippen LogP contribution in [0.1, 0.15) is 0 Å². The third-order valence-electron chi connectivity index (χ3n) is 0. The molecule has 0 fully saturated rings. The first-order valence-corrected chi connectivity index (χ1v) is 6.51. The molecule has 20 N–H and O–H groups in total. The fraction of sp³-hybridized carbons (Fsp3) is 0. The summed E-state index contributed by atoms with van der Waals surface area (Å²) in [6.07, 6.45) is -18.3. The van der Waals surface area contributed by atoms with Crippen LogP contribution >= 0.6 is 0 Å². The average molecular weight is 668 g/mol. The molecular formula is C10H22Na2O30. The molecule has 0 aromatic rings. The first-order chi connectivity index (χ1) is 17.3. The minimum absolute atomic E-state index is 0. The first-order valence-electron chi connectivity index (χ1n) is 6.51. The van der Waals surface area contributed by atoms with E-state index in [-0.39, 0.29) is 59.1 Å². The molecule has 0 unspecified atom stereocenters. The van der Waals surface area contributed by atoms with Crippen molar-refractivity contribution in [3.63, 3.8) is 0 Å². The topological polar surface area (TPSA) is 575 Å². The van der Waals surface area contributed by atoms with E-state index in [1.165, 1.54) is 0 Å². The molecule has 0 rings (SSSR count). The van der Waals surface area contributed by atoms with Gasteiger partial charge in [-0.3, -0.25) is 0 Å². The molecule has 0 aliphatic heterocycles. The quantitative estimate of drug-likeness (QED) is 0.159. The molecule has 0 spiro atoms. The van der Waals surface area contributed by atoms with Gasteiger partial charge in [0.05, 0.1) is 0 Å². The zero-order valence-corrected chi connectivity index (χ0v) is 18.0. The van der Waals surface area contributed by atoms with Gasteiger partial charge in [0.1, 0.15) is 0 Å². The summed E-state index contributed by atoms with van der Waals surface area (Å²) in [6.45, 7) is 0. The number of rotatable bonds is 0. The summed E-state index contributed by atoms with van der Waals surface area (Å²) < 4.78 is 0. The van der Waals surface area contributed by atoms with Gasteiger partial charge < -0.3 is 102 Å². The van der Waals surface area contributed by atoms with Crippen LogP contribution in [0.15, 0.2) is 0 Å². The molecule has 0 aromatic carbocycles. The molecule has 32 heteroatoms. The minimum atomic E-state index is -1.83. The number of carboxylic acid groups (broad SMARTS) is 20. The van der Waals surface area contributed by atoms with E-state index in [0.717, 1.165) is 0 Å². The summed E-state index contributed by atoms with van der Waals surface area (Å²) in [5, 5.41) is 139. The summed E-state index contributed by atoms with van der Waals surface area (Å²) >= 11 is 0. The molecule has 0 aliphatic carbocycles. The van der Waals surface area contributed by atoms with E-state index >= 15 is 0 Å². The molecule has 30 nitrogen and oxygen atoms in total. The fourth-order valence-electron chi connectivity index (χ4n) is 0. The molecule has 0 saturated heterocycles. The first kappa shape index (κ1) is 76.7. The molecule has 0 radical (unpaired) electrons. The summed E-state index contributed by atoms with van der Waals surface area (Å²) in [5.74, 6) is 0. The van der Waals surface area contributed by atoms with E-state index in [1.807, 2.05) is 0 Å². The number of hydrogen-bond acceptors (Lipinski definition) is 10. The number of carbonyl (C=O) groups is 10. The molecule has 0 aliphatic rings. The van der Waals surface area contributed by atoms with Gasteiger partial charge in [0.15, 0.2) is 0 Å². The van der Waals surface area contributed by atoms with Crippen LogP contribution in [0.25, 0.3) is 0 Å². The van der Waals surface area contributed by atoms with Gasteiger partial charge >= 0.3 is 121 Å². The van der Waals surface area contributed by atoms with Crippen molar-refractivity contribution in [2.45, 2.75) is 0 Å². The Morgan fingerprint density at radius 3 is 0.167 bits per heavy atom. The van der Waals surface area contributed by atoms with Crippen molar-refractivity contribution in [1.29, 1.82) is 0 Å². The Morgan fingerprint density at radius 1 is 0.167 bits per heavy atom. The summed E-state index contributed by atoms with van der Waals surface area (Å²) in [6, 6.07) is 0. The van der Waals surface area contributed by atoms with Crippen molar-refractivity contribution in [2.75, 3.05) is 0 Å². The molecule has 0 saturated carbocycles. The summed E-state index contributed by atoms with van der Waals surface area (Å²) in [4.78, 5) is 85.6. The Balaban J connectivity index is -0.0000000237. The van der Waals surface area contributed by atoms with Gasteiger partial charge in [-0.2, -0.15) is 0 Å². The standard InChI is InChI=1S/10CH2O3.2Na.2H/c10*2-1(3)4;;;;/h10*(H2,2,3,4);;;;. The van der Waals surface area contributed by atoms with E-state index in [2.05, 4.69) is 0 Å². The molecule has 0 heterocycles. The zero-order chi connectivity index (χ0) is 35.8. The van der Waals surface area contributed by atoms with E-state index in [4.69, 9.17) is 150 Å². The second-order valence-corrected chi connectivity index (χ2v) is 2.83. The maximum absolute atomic E-state index is 8.56. The van der Waals surface area contributed by atoms with Gasteiger partial charge in [0.25, 0.3) is 0 Å². The predicted molar refractivity (Wildman–Crippen MR) is 121 cm³/mol. The second kappa shape index (κ2) is 70.5. The van der Waals surface area contributed by atoms with Crippen LogP contribution in [-0.4, -0.2) is 223 Å². The van der Waals surface area contributed by atoms with Gasteiger partial charge in [-0.1, -0.05) is 0 Å². The van der Waals surface area contributed by atoms with Crippen molar-refractivity contribution in [3.8, 4) is 0 Å². The van der Waals surface area contributed by atoms with Gasteiger partial charge in [-0.25, -0.2) is 47.9 Å². The van der Waals surface area contributed by atoms with E-state index in [9.17, 15) is 0 Å². The summed E-state index contributed by atoms with van der Waals surface area (Å²) in [7, 11) is 0. The van der Waals surface area contributed by atoms with Crippen LogP contribution in [0.4, 0.5) is 47.9 Å². The van der Waals surface area contributed by atoms with Crippen molar-refractivity contribution in [3.05, 3.63) is 0 Å². The predicted octanol–water partition coefficient (Wildman–Crippen LogP) is 0.927. The Hall–Kier alpha value is -5.30. The van der Waals surface area contributed by atoms with Crippen LogP contribution in [0.5, 0.6) is 0 Å². The second-order valence-electron chi connectivity index (χ2n) is 2.83. The van der Waals surface area contributed by atoms with Crippen LogP contribution in [0, 0.1) is 0 Å². The van der Waals surface area contributed by atoms with Gasteiger partial charge in [0, 0.05) is 0 Å². The van der Waals surface area contributed by atoms with Crippen LogP contribution in [-0.2, 0) is 0 Å². The average Bonchev–Trinajstić information content (AvgIpc) is 2.47. The van der Waals surface area contributed by atoms with Gasteiger partial charge in [-0.05, 0) is 0 Å². The summed E-state index contributed by atoms with van der Waals surface area (Å²) in [5.41, 5.74) is 0. The van der Waals surface area contributed by atoms with Crippen LogP contribution < -0.4 is 0 Å². The Labute approximate surface area is 269 Å². The molecule has 244 valence electrons. The SMILES string of the molecule is O=C(O)O.O=C(O)O.O=C(O)O.O=C(O)O.O=C(O)O.O=C(O)O.O=C(O)O.O=C(O)O.O=C(O)O.O=C(O)O.[NaH].[NaH]. The molecule has 42 heavy (non-hydrogen) atoms. The van der Waals surface area contributed by atoms with E-state index in [0.29, 0.717) is 0 Å². The Kier molecular flexibility index (Phi) is 129. The fourth-order valence-corrected chi connectivity index (χ4v) is 0. The normalized spacial score (nSPS) is 5.71. The van der Waals surface area contributed by atoms with Crippen molar-refractivity contribution in [1.82, 2.24) is 0 Å². The third-order valence-corrected chi connectivity index (χ3v) is 0. The van der Waals surface area contributed by atoms with E-state index < -0.39 is 61.6 Å². The monoisotopic (exact) mass is 668 g/mol. The van der Waals surface area contributed by atoms with Gasteiger partial charge in [-0.15, -0.1) is 0 Å². The number of hydrogen-bond donors (Lipinski definition) is 20. The molecule has 0 bridgehead atoms.